The van der Waals surface area contributed by atoms with Crippen LogP contribution >= 0.6 is 0 Å². The number of H-pyrrole nitrogens is 2. The molecule has 5 aromatic rings. The van der Waals surface area contributed by atoms with E-state index in [1.807, 2.05) is 0 Å². The molecular formula is C29H23F4N3O3. The van der Waals surface area contributed by atoms with Crippen LogP contribution in [0.4, 0.5) is 17.6 Å². The molecule has 0 amide bonds. The molecule has 5 rings (SSSR count). The second-order valence-corrected chi connectivity index (χ2v) is 8.90. The lowest BCUT2D eigenvalue weighted by molar-refractivity contribution is -0.142. The number of rotatable bonds is 8. The molecule has 1 unspecified atom stereocenters. The third-order valence-corrected chi connectivity index (χ3v) is 6.39. The van der Waals surface area contributed by atoms with Crippen molar-refractivity contribution in [3.05, 3.63) is 101 Å². The number of hydrogen-bond donors (Lipinski definition) is 2. The fourth-order valence-electron chi connectivity index (χ4n) is 4.37. The van der Waals surface area contributed by atoms with Gasteiger partial charge in [0.2, 0.25) is 0 Å². The summed E-state index contributed by atoms with van der Waals surface area (Å²) in [5.74, 6) is -4.57. The molecule has 2 aromatic heterocycles. The number of carbonyl (C=O) groups excluding carboxylic acids is 1. The second-order valence-electron chi connectivity index (χ2n) is 8.90. The summed E-state index contributed by atoms with van der Waals surface area (Å²) in [7, 11) is 0. The number of carbonyl (C=O) groups is 1. The van der Waals surface area contributed by atoms with Gasteiger partial charge in [-0.05, 0) is 42.3 Å². The lowest BCUT2D eigenvalue weighted by Gasteiger charge is -2.14. The molecule has 0 aliphatic carbocycles. The van der Waals surface area contributed by atoms with Crippen LogP contribution in [0.5, 0.6) is 11.5 Å². The quantitative estimate of drug-likeness (QED) is 0.163. The van der Waals surface area contributed by atoms with Gasteiger partial charge in [0.25, 0.3) is 0 Å². The molecule has 0 radical (unpaired) electrons. The van der Waals surface area contributed by atoms with Crippen LogP contribution in [0, 0.1) is 23.3 Å². The van der Waals surface area contributed by atoms with Crippen molar-refractivity contribution in [2.45, 2.75) is 26.2 Å². The van der Waals surface area contributed by atoms with Gasteiger partial charge in [-0.2, -0.15) is 0 Å². The van der Waals surface area contributed by atoms with Gasteiger partial charge in [0.05, 0.1) is 24.1 Å². The molecule has 2 N–H and O–H groups in total. The minimum absolute atomic E-state index is 0.00831. The predicted octanol–water partition coefficient (Wildman–Crippen LogP) is 7.16. The van der Waals surface area contributed by atoms with Gasteiger partial charge < -0.3 is 19.4 Å². The lowest BCUT2D eigenvalue weighted by atomic mass is 9.95. The smallest absolute Gasteiger partial charge is 0.310 e. The molecule has 0 aliphatic heterocycles. The Balaban J connectivity index is 1.42. The summed E-state index contributed by atoms with van der Waals surface area (Å²) in [5, 5.41) is 0.150. The Labute approximate surface area is 220 Å². The summed E-state index contributed by atoms with van der Waals surface area (Å²) in [6.07, 6.45) is 2.72. The summed E-state index contributed by atoms with van der Waals surface area (Å²) in [6.45, 7) is 3.61. The molecule has 0 saturated carbocycles. The SMILES string of the molecule is CCOC(=O)Cc1cccc(C(C)c2cnc(-c3cc(Oc4c(F)cc5[nH]ccc5c4F)ccc3F)[nH]2)c1F. The maximum absolute atomic E-state index is 15.2. The maximum Gasteiger partial charge on any atom is 0.310 e. The molecule has 10 heteroatoms. The maximum atomic E-state index is 15.2. The highest BCUT2D eigenvalue weighted by atomic mass is 19.1. The van der Waals surface area contributed by atoms with E-state index in [0.717, 1.165) is 12.1 Å². The Bertz CT molecular complexity index is 1680. The van der Waals surface area contributed by atoms with Crippen LogP contribution in [0.2, 0.25) is 0 Å². The number of ether oxygens (including phenoxy) is 2. The molecule has 0 bridgehead atoms. The summed E-state index contributed by atoms with van der Waals surface area (Å²) < 4.78 is 69.8. The number of esters is 1. The minimum atomic E-state index is -0.922. The number of nitrogens with one attached hydrogen (secondary N) is 2. The first-order valence-corrected chi connectivity index (χ1v) is 12.2. The molecule has 3 aromatic carbocycles. The lowest BCUT2D eigenvalue weighted by Crippen LogP contribution is -2.10. The fourth-order valence-corrected chi connectivity index (χ4v) is 4.37. The molecule has 2 heterocycles. The average molecular weight is 538 g/mol. The minimum Gasteiger partial charge on any atom is -0.466 e. The standard InChI is InChI=1S/C29H23F4N3O3/c1-3-38-25(37)11-16-5-4-6-18(26(16)32)15(2)24-14-35-29(36-24)20-12-17(7-8-21(20)30)39-28-22(31)13-23-19(27(28)33)9-10-34-23/h4-10,12-15,34H,3,11H2,1-2H3,(H,35,36). The monoisotopic (exact) mass is 537 g/mol. The van der Waals surface area contributed by atoms with Crippen LogP contribution in [-0.2, 0) is 16.0 Å². The molecule has 0 aliphatic rings. The molecule has 6 nitrogen and oxygen atoms in total. The van der Waals surface area contributed by atoms with Crippen molar-refractivity contribution in [1.29, 1.82) is 0 Å². The Kier molecular flexibility index (Phi) is 7.10. The van der Waals surface area contributed by atoms with E-state index in [0.29, 0.717) is 11.3 Å². The zero-order valence-corrected chi connectivity index (χ0v) is 20.9. The zero-order chi connectivity index (χ0) is 27.7. The van der Waals surface area contributed by atoms with Crippen LogP contribution < -0.4 is 4.74 Å². The Morgan fingerprint density at radius 2 is 1.85 bits per heavy atom. The van der Waals surface area contributed by atoms with E-state index in [2.05, 4.69) is 15.0 Å². The van der Waals surface area contributed by atoms with E-state index in [1.54, 1.807) is 26.0 Å². The molecule has 39 heavy (non-hydrogen) atoms. The van der Waals surface area contributed by atoms with Gasteiger partial charge in [0, 0.05) is 35.5 Å². The van der Waals surface area contributed by atoms with E-state index < -0.39 is 40.9 Å². The Morgan fingerprint density at radius 1 is 1.03 bits per heavy atom. The van der Waals surface area contributed by atoms with Gasteiger partial charge in [-0.25, -0.2) is 22.5 Å². The summed E-state index contributed by atoms with van der Waals surface area (Å²) >= 11 is 0. The molecule has 0 spiro atoms. The average Bonchev–Trinajstić information content (AvgIpc) is 3.59. The number of halogens is 4. The topological polar surface area (TPSA) is 80.0 Å². The number of benzene rings is 3. The van der Waals surface area contributed by atoms with Crippen LogP contribution in [0.15, 0.2) is 60.9 Å². The second kappa shape index (κ2) is 10.6. The first kappa shape index (κ1) is 26.0. The van der Waals surface area contributed by atoms with E-state index in [-0.39, 0.29) is 46.6 Å². The van der Waals surface area contributed by atoms with Crippen LogP contribution in [0.25, 0.3) is 22.3 Å². The van der Waals surface area contributed by atoms with Crippen molar-refractivity contribution >= 4 is 16.9 Å². The van der Waals surface area contributed by atoms with Crippen molar-refractivity contribution in [1.82, 2.24) is 15.0 Å². The molecule has 0 fully saturated rings. The van der Waals surface area contributed by atoms with Gasteiger partial charge in [0.15, 0.2) is 17.4 Å². The zero-order valence-electron chi connectivity index (χ0n) is 20.9. The fraction of sp³-hybridized carbons (Fsp3) is 0.172. The van der Waals surface area contributed by atoms with Crippen LogP contribution in [0.3, 0.4) is 0 Å². The van der Waals surface area contributed by atoms with E-state index in [4.69, 9.17) is 9.47 Å². The highest BCUT2D eigenvalue weighted by molar-refractivity contribution is 5.82. The third-order valence-electron chi connectivity index (χ3n) is 6.39. The van der Waals surface area contributed by atoms with E-state index in [1.165, 1.54) is 36.7 Å². The largest absolute Gasteiger partial charge is 0.466 e. The van der Waals surface area contributed by atoms with Crippen LogP contribution in [0.1, 0.15) is 36.6 Å². The normalized spacial score (nSPS) is 12.1. The first-order valence-electron chi connectivity index (χ1n) is 12.2. The van der Waals surface area contributed by atoms with Crippen molar-refractivity contribution < 1.29 is 31.8 Å². The van der Waals surface area contributed by atoms with Gasteiger partial charge in [-0.15, -0.1) is 0 Å². The van der Waals surface area contributed by atoms with Gasteiger partial charge >= 0.3 is 5.97 Å². The van der Waals surface area contributed by atoms with Gasteiger partial charge in [-0.3, -0.25) is 4.79 Å². The molecule has 200 valence electrons. The Hall–Kier alpha value is -4.60. The van der Waals surface area contributed by atoms with Crippen molar-refractivity contribution in [3.8, 4) is 22.9 Å². The number of aromatic amines is 2. The van der Waals surface area contributed by atoms with E-state index >= 15 is 4.39 Å². The molecular weight excluding hydrogens is 514 g/mol. The third kappa shape index (κ3) is 5.09. The Morgan fingerprint density at radius 3 is 2.64 bits per heavy atom. The van der Waals surface area contributed by atoms with Crippen LogP contribution in [-0.4, -0.2) is 27.5 Å². The van der Waals surface area contributed by atoms with Crippen molar-refractivity contribution in [3.63, 3.8) is 0 Å². The summed E-state index contributed by atoms with van der Waals surface area (Å²) in [6, 6.07) is 10.9. The molecule has 1 atom stereocenters. The van der Waals surface area contributed by atoms with Crippen molar-refractivity contribution in [2.75, 3.05) is 6.61 Å². The highest BCUT2D eigenvalue weighted by Gasteiger charge is 2.21. The van der Waals surface area contributed by atoms with Gasteiger partial charge in [0.1, 0.15) is 23.2 Å². The number of fused-ring (bicyclic) bond motifs is 1. The number of hydrogen-bond acceptors (Lipinski definition) is 4. The van der Waals surface area contributed by atoms with E-state index in [9.17, 15) is 18.0 Å². The van der Waals surface area contributed by atoms with Gasteiger partial charge in [-0.1, -0.05) is 25.1 Å². The number of nitrogens with zero attached hydrogens (tertiary/aromatic N) is 1. The predicted molar refractivity (Wildman–Crippen MR) is 137 cm³/mol. The highest BCUT2D eigenvalue weighted by Crippen LogP contribution is 2.35. The molecule has 0 saturated heterocycles. The number of aromatic nitrogens is 3. The first-order chi connectivity index (χ1) is 18.8. The van der Waals surface area contributed by atoms with Crippen molar-refractivity contribution in [2.24, 2.45) is 0 Å². The summed E-state index contributed by atoms with van der Waals surface area (Å²) in [4.78, 5) is 21.8. The summed E-state index contributed by atoms with van der Waals surface area (Å²) in [5.41, 5.74) is 1.27. The number of imidazole rings is 1.